The van der Waals surface area contributed by atoms with Crippen molar-refractivity contribution in [3.8, 4) is 0 Å². The van der Waals surface area contributed by atoms with Gasteiger partial charge in [0.15, 0.2) is 9.84 Å². The number of carbonyl (C=O) groups excluding carboxylic acids is 1. The van der Waals surface area contributed by atoms with E-state index in [1.54, 1.807) is 0 Å². The van der Waals surface area contributed by atoms with E-state index >= 15 is 0 Å². The van der Waals surface area contributed by atoms with Crippen LogP contribution < -0.4 is 10.2 Å². The van der Waals surface area contributed by atoms with E-state index in [1.807, 2.05) is 17.3 Å². The molecule has 0 bridgehead atoms. The normalized spacial score (nSPS) is 20.2. The fraction of sp³-hybridized carbons (Fsp3) is 0.522. The molecule has 1 N–H and O–H groups in total. The number of amides is 1. The number of sulfone groups is 1. The minimum absolute atomic E-state index is 0.0326. The second-order valence-electron chi connectivity index (χ2n) is 8.75. The van der Waals surface area contributed by atoms with E-state index in [1.165, 1.54) is 12.1 Å². The lowest BCUT2D eigenvalue weighted by atomic mass is 9.97. The van der Waals surface area contributed by atoms with Crippen molar-refractivity contribution in [3.63, 3.8) is 0 Å². The number of aryl methyl sites for hydroxylation is 1. The fourth-order valence-corrected chi connectivity index (χ4v) is 5.13. The van der Waals surface area contributed by atoms with Crippen LogP contribution in [-0.2, 0) is 21.1 Å². The van der Waals surface area contributed by atoms with Gasteiger partial charge < -0.3 is 15.1 Å². The van der Waals surface area contributed by atoms with Crippen molar-refractivity contribution in [2.45, 2.75) is 56.0 Å². The number of hydrogen-bond donors (Lipinski definition) is 1. The quantitative estimate of drug-likeness (QED) is 0.686. The van der Waals surface area contributed by atoms with Crippen LogP contribution in [0.4, 0.5) is 16.0 Å². The summed E-state index contributed by atoms with van der Waals surface area (Å²) in [5, 5.41) is 3.00. The van der Waals surface area contributed by atoms with Crippen molar-refractivity contribution in [3.05, 3.63) is 42.0 Å². The Bertz CT molecular complexity index is 1100. The van der Waals surface area contributed by atoms with Gasteiger partial charge in [-0.2, -0.15) is 0 Å². The van der Waals surface area contributed by atoms with Gasteiger partial charge in [-0.25, -0.2) is 22.8 Å². The Morgan fingerprint density at radius 1 is 1.12 bits per heavy atom. The topological polar surface area (TPSA) is 95.5 Å². The molecule has 8 nitrogen and oxygen atoms in total. The first-order valence-electron chi connectivity index (χ1n) is 11.4. The SMILES string of the molecule is CCc1cnc(N2CCC(N3CCCC(Nc4ccc(S(C)(=O)=O)cc4F)C3=O)CC2)nc1. The number of benzene rings is 1. The van der Waals surface area contributed by atoms with Gasteiger partial charge in [0.25, 0.3) is 0 Å². The molecule has 1 unspecified atom stereocenters. The predicted molar refractivity (Wildman–Crippen MR) is 125 cm³/mol. The number of nitrogens with zero attached hydrogens (tertiary/aromatic N) is 4. The van der Waals surface area contributed by atoms with Crippen molar-refractivity contribution in [1.29, 1.82) is 0 Å². The fourth-order valence-electron chi connectivity index (χ4n) is 4.50. The van der Waals surface area contributed by atoms with Gasteiger partial charge in [0, 0.05) is 44.3 Å². The van der Waals surface area contributed by atoms with Gasteiger partial charge in [-0.05, 0) is 55.9 Å². The lowest BCUT2D eigenvalue weighted by Gasteiger charge is -2.42. The van der Waals surface area contributed by atoms with E-state index in [-0.39, 0.29) is 22.5 Å². The second-order valence-corrected chi connectivity index (χ2v) is 10.8. The molecule has 2 saturated heterocycles. The lowest BCUT2D eigenvalue weighted by Crippen LogP contribution is -2.54. The van der Waals surface area contributed by atoms with Gasteiger partial charge >= 0.3 is 0 Å². The van der Waals surface area contributed by atoms with Crippen LogP contribution in [0.5, 0.6) is 0 Å². The molecule has 2 aromatic rings. The maximum atomic E-state index is 14.5. The molecule has 2 aliphatic heterocycles. The molecule has 10 heteroatoms. The molecule has 33 heavy (non-hydrogen) atoms. The van der Waals surface area contributed by atoms with Crippen molar-refractivity contribution in [2.24, 2.45) is 0 Å². The third kappa shape index (κ3) is 5.26. The molecule has 2 fully saturated rings. The van der Waals surface area contributed by atoms with Crippen LogP contribution in [-0.4, -0.2) is 67.2 Å². The first-order valence-corrected chi connectivity index (χ1v) is 13.3. The van der Waals surface area contributed by atoms with Crippen LogP contribution in [0.15, 0.2) is 35.5 Å². The van der Waals surface area contributed by atoms with Crippen LogP contribution in [0.2, 0.25) is 0 Å². The predicted octanol–water partition coefficient (Wildman–Crippen LogP) is 2.65. The lowest BCUT2D eigenvalue weighted by molar-refractivity contribution is -0.137. The third-order valence-electron chi connectivity index (χ3n) is 6.46. The number of anilines is 2. The zero-order valence-corrected chi connectivity index (χ0v) is 19.8. The van der Waals surface area contributed by atoms with Crippen LogP contribution in [0, 0.1) is 5.82 Å². The number of carbonyl (C=O) groups is 1. The Kier molecular flexibility index (Phi) is 6.83. The minimum Gasteiger partial charge on any atom is -0.371 e. The first-order chi connectivity index (χ1) is 15.8. The molecule has 0 spiro atoms. The smallest absolute Gasteiger partial charge is 0.245 e. The molecule has 0 saturated carbocycles. The molecule has 0 radical (unpaired) electrons. The second kappa shape index (κ2) is 9.62. The van der Waals surface area contributed by atoms with E-state index in [2.05, 4.69) is 27.1 Å². The van der Waals surface area contributed by atoms with E-state index in [9.17, 15) is 17.6 Å². The number of halogens is 1. The van der Waals surface area contributed by atoms with E-state index in [0.29, 0.717) is 13.0 Å². The maximum Gasteiger partial charge on any atom is 0.245 e. The highest BCUT2D eigenvalue weighted by atomic mass is 32.2. The summed E-state index contributed by atoms with van der Waals surface area (Å²) in [6, 6.07) is 3.34. The van der Waals surface area contributed by atoms with Crippen molar-refractivity contribution in [2.75, 3.05) is 36.1 Å². The molecule has 1 atom stereocenters. The van der Waals surface area contributed by atoms with Crippen LogP contribution in [0.25, 0.3) is 0 Å². The number of likely N-dealkylation sites (tertiary alicyclic amines) is 1. The molecule has 3 heterocycles. The van der Waals surface area contributed by atoms with Crippen molar-refractivity contribution < 1.29 is 17.6 Å². The zero-order valence-electron chi connectivity index (χ0n) is 19.0. The summed E-state index contributed by atoms with van der Waals surface area (Å²) in [4.78, 5) is 26.1. The van der Waals surface area contributed by atoms with Crippen molar-refractivity contribution >= 4 is 27.4 Å². The molecular formula is C23H30FN5O3S. The molecule has 1 aromatic carbocycles. The number of rotatable bonds is 6. The Balaban J connectivity index is 1.38. The van der Waals surface area contributed by atoms with E-state index < -0.39 is 21.7 Å². The average molecular weight is 476 g/mol. The highest BCUT2D eigenvalue weighted by Crippen LogP contribution is 2.27. The summed E-state index contributed by atoms with van der Waals surface area (Å²) in [5.41, 5.74) is 1.25. The molecule has 0 aliphatic carbocycles. The summed E-state index contributed by atoms with van der Waals surface area (Å²) >= 11 is 0. The molecule has 1 amide bonds. The van der Waals surface area contributed by atoms with Gasteiger partial charge in [0.2, 0.25) is 11.9 Å². The summed E-state index contributed by atoms with van der Waals surface area (Å²) in [5.74, 6) is 0.0169. The van der Waals surface area contributed by atoms with Crippen LogP contribution in [0.3, 0.4) is 0 Å². The Morgan fingerprint density at radius 3 is 2.42 bits per heavy atom. The first kappa shape index (κ1) is 23.4. The maximum absolute atomic E-state index is 14.5. The number of hydrogen-bond acceptors (Lipinski definition) is 7. The van der Waals surface area contributed by atoms with Crippen LogP contribution in [0.1, 0.15) is 38.2 Å². The summed E-state index contributed by atoms with van der Waals surface area (Å²) in [6.07, 6.45) is 8.76. The standard InChI is InChI=1S/C23H30FN5O3S/c1-3-16-14-25-23(26-15-16)28-11-8-17(9-12-28)29-10-4-5-21(22(29)30)27-20-7-6-18(13-19(20)24)33(2,31)32/h6-7,13-15,17,21,27H,3-5,8-12H2,1-2H3. The van der Waals surface area contributed by atoms with Crippen LogP contribution >= 0.6 is 0 Å². The Labute approximate surface area is 194 Å². The van der Waals surface area contributed by atoms with Crippen molar-refractivity contribution in [1.82, 2.24) is 14.9 Å². The summed E-state index contributed by atoms with van der Waals surface area (Å²) < 4.78 is 37.8. The third-order valence-corrected chi connectivity index (χ3v) is 7.57. The summed E-state index contributed by atoms with van der Waals surface area (Å²) in [7, 11) is -3.49. The van der Waals surface area contributed by atoms with Gasteiger partial charge in [-0.3, -0.25) is 4.79 Å². The number of nitrogens with one attached hydrogen (secondary N) is 1. The van der Waals surface area contributed by atoms with E-state index in [4.69, 9.17) is 0 Å². The molecule has 178 valence electrons. The molecular weight excluding hydrogens is 445 g/mol. The monoisotopic (exact) mass is 475 g/mol. The van der Waals surface area contributed by atoms with Gasteiger partial charge in [-0.15, -0.1) is 0 Å². The highest BCUT2D eigenvalue weighted by Gasteiger charge is 2.35. The number of piperidine rings is 2. The molecule has 1 aromatic heterocycles. The molecule has 2 aliphatic rings. The largest absolute Gasteiger partial charge is 0.371 e. The zero-order chi connectivity index (χ0) is 23.6. The molecule has 4 rings (SSSR count). The van der Waals surface area contributed by atoms with Gasteiger partial charge in [0.05, 0.1) is 10.6 Å². The average Bonchev–Trinajstić information content (AvgIpc) is 2.81. The Morgan fingerprint density at radius 2 is 1.82 bits per heavy atom. The van der Waals surface area contributed by atoms with Gasteiger partial charge in [0.1, 0.15) is 11.9 Å². The van der Waals surface area contributed by atoms with E-state index in [0.717, 1.165) is 62.6 Å². The summed E-state index contributed by atoms with van der Waals surface area (Å²) in [6.45, 7) is 4.32. The minimum atomic E-state index is -3.49. The number of aromatic nitrogens is 2. The highest BCUT2D eigenvalue weighted by molar-refractivity contribution is 7.90. The Hall–Kier alpha value is -2.75. The van der Waals surface area contributed by atoms with Gasteiger partial charge in [-0.1, -0.05) is 6.92 Å².